The molecule has 0 unspecified atom stereocenters. The highest BCUT2D eigenvalue weighted by molar-refractivity contribution is 7.89. The Hall–Kier alpha value is -0.290. The summed E-state index contributed by atoms with van der Waals surface area (Å²) in [6.07, 6.45) is 5.16. The van der Waals surface area contributed by atoms with Gasteiger partial charge in [-0.25, -0.2) is 8.42 Å². The minimum atomic E-state index is -3.64. The highest BCUT2D eigenvalue weighted by Gasteiger charge is 2.33. The van der Waals surface area contributed by atoms with Gasteiger partial charge in [-0.1, -0.05) is 55.5 Å². The maximum atomic E-state index is 12.9. The molecule has 1 aliphatic carbocycles. The molecule has 20 heavy (non-hydrogen) atoms. The van der Waals surface area contributed by atoms with E-state index in [4.69, 9.17) is 23.2 Å². The van der Waals surface area contributed by atoms with Crippen LogP contribution in [0, 0.1) is 0 Å². The van der Waals surface area contributed by atoms with Crippen molar-refractivity contribution in [3.63, 3.8) is 0 Å². The molecule has 1 aliphatic rings. The minimum Gasteiger partial charge on any atom is -0.207 e. The van der Waals surface area contributed by atoms with Gasteiger partial charge in [-0.2, -0.15) is 4.31 Å². The lowest BCUT2D eigenvalue weighted by Gasteiger charge is -2.33. The van der Waals surface area contributed by atoms with Crippen LogP contribution in [0.3, 0.4) is 0 Å². The van der Waals surface area contributed by atoms with Crippen LogP contribution < -0.4 is 0 Å². The van der Waals surface area contributed by atoms with E-state index in [0.29, 0.717) is 6.54 Å². The van der Waals surface area contributed by atoms with Crippen molar-refractivity contribution < 1.29 is 8.42 Å². The topological polar surface area (TPSA) is 37.4 Å². The zero-order chi connectivity index (χ0) is 14.8. The Morgan fingerprint density at radius 2 is 1.70 bits per heavy atom. The second-order valence-corrected chi connectivity index (χ2v) is 7.69. The summed E-state index contributed by atoms with van der Waals surface area (Å²) in [5.74, 6) is 0. The number of halogens is 2. The normalized spacial score (nSPS) is 17.6. The van der Waals surface area contributed by atoms with Gasteiger partial charge in [-0.15, -0.1) is 0 Å². The monoisotopic (exact) mass is 335 g/mol. The third-order valence-electron chi connectivity index (χ3n) is 3.78. The third-order valence-corrected chi connectivity index (χ3v) is 6.76. The van der Waals surface area contributed by atoms with Gasteiger partial charge in [-0.3, -0.25) is 0 Å². The Balaban J connectivity index is 2.41. The molecular formula is C14H19Cl2NO2S. The highest BCUT2D eigenvalue weighted by atomic mass is 35.5. The van der Waals surface area contributed by atoms with Gasteiger partial charge >= 0.3 is 0 Å². The van der Waals surface area contributed by atoms with Crippen molar-refractivity contribution in [3.8, 4) is 0 Å². The number of hydrogen-bond acceptors (Lipinski definition) is 2. The van der Waals surface area contributed by atoms with E-state index in [1.165, 1.54) is 6.42 Å². The zero-order valence-corrected chi connectivity index (χ0v) is 13.8. The van der Waals surface area contributed by atoms with Crippen molar-refractivity contribution in [1.29, 1.82) is 0 Å². The zero-order valence-electron chi connectivity index (χ0n) is 11.5. The lowest BCUT2D eigenvalue weighted by molar-refractivity contribution is 0.261. The predicted molar refractivity (Wildman–Crippen MR) is 82.9 cm³/mol. The molecule has 0 aliphatic heterocycles. The molecule has 1 aromatic rings. The van der Waals surface area contributed by atoms with E-state index in [1.807, 2.05) is 6.92 Å². The van der Waals surface area contributed by atoms with E-state index >= 15 is 0 Å². The fourth-order valence-electron chi connectivity index (χ4n) is 2.84. The number of nitrogens with zero attached hydrogens (tertiary/aromatic N) is 1. The molecule has 0 saturated heterocycles. The molecule has 112 valence electrons. The summed E-state index contributed by atoms with van der Waals surface area (Å²) in [7, 11) is -3.64. The summed E-state index contributed by atoms with van der Waals surface area (Å²) >= 11 is 12.1. The van der Waals surface area contributed by atoms with E-state index < -0.39 is 10.0 Å². The van der Waals surface area contributed by atoms with Crippen LogP contribution in [0.5, 0.6) is 0 Å². The number of hydrogen-bond donors (Lipinski definition) is 0. The molecule has 1 saturated carbocycles. The smallest absolute Gasteiger partial charge is 0.207 e. The van der Waals surface area contributed by atoms with Crippen LogP contribution in [-0.2, 0) is 10.0 Å². The lowest BCUT2D eigenvalue weighted by Crippen LogP contribution is -2.41. The van der Waals surface area contributed by atoms with Gasteiger partial charge in [0.05, 0.1) is 10.0 Å². The van der Waals surface area contributed by atoms with Crippen LogP contribution in [0.1, 0.15) is 39.0 Å². The Morgan fingerprint density at radius 1 is 1.15 bits per heavy atom. The summed E-state index contributed by atoms with van der Waals surface area (Å²) < 4.78 is 27.3. The highest BCUT2D eigenvalue weighted by Crippen LogP contribution is 2.34. The standard InChI is InChI=1S/C14H19Cl2NO2S/c1-2-17(11-7-4-3-5-8-11)20(18,19)14-12(15)9-6-10-13(14)16/h6,9-11H,2-5,7-8H2,1H3. The molecule has 3 nitrogen and oxygen atoms in total. The summed E-state index contributed by atoms with van der Waals surface area (Å²) in [4.78, 5) is 0.0377. The van der Waals surface area contributed by atoms with Gasteiger partial charge in [0, 0.05) is 12.6 Å². The molecule has 0 aromatic heterocycles. The van der Waals surface area contributed by atoms with Gasteiger partial charge in [-0.05, 0) is 25.0 Å². The first-order valence-corrected chi connectivity index (χ1v) is 9.14. The molecule has 0 atom stereocenters. The number of benzene rings is 1. The SMILES string of the molecule is CCN(C1CCCCC1)S(=O)(=O)c1c(Cl)cccc1Cl. The van der Waals surface area contributed by atoms with Crippen molar-refractivity contribution in [2.75, 3.05) is 6.54 Å². The average molecular weight is 336 g/mol. The van der Waals surface area contributed by atoms with E-state index in [9.17, 15) is 8.42 Å². The van der Waals surface area contributed by atoms with Gasteiger partial charge in [0.15, 0.2) is 0 Å². The molecule has 0 N–H and O–H groups in total. The number of sulfonamides is 1. The van der Waals surface area contributed by atoms with E-state index in [2.05, 4.69) is 0 Å². The molecule has 0 radical (unpaired) electrons. The van der Waals surface area contributed by atoms with Crippen LogP contribution in [0.2, 0.25) is 10.0 Å². The lowest BCUT2D eigenvalue weighted by atomic mass is 9.95. The molecule has 0 bridgehead atoms. The molecule has 1 aromatic carbocycles. The molecule has 0 heterocycles. The maximum absolute atomic E-state index is 12.9. The van der Waals surface area contributed by atoms with Gasteiger partial charge in [0.25, 0.3) is 0 Å². The molecule has 0 amide bonds. The fourth-order valence-corrected chi connectivity index (χ4v) is 5.63. The summed E-state index contributed by atoms with van der Waals surface area (Å²) in [6.45, 7) is 2.30. The number of rotatable bonds is 4. The summed E-state index contributed by atoms with van der Waals surface area (Å²) in [5.41, 5.74) is 0. The Morgan fingerprint density at radius 3 is 2.20 bits per heavy atom. The van der Waals surface area contributed by atoms with Crippen molar-refractivity contribution in [2.45, 2.75) is 50.0 Å². The fraction of sp³-hybridized carbons (Fsp3) is 0.571. The van der Waals surface area contributed by atoms with Crippen LogP contribution >= 0.6 is 23.2 Å². The maximum Gasteiger partial charge on any atom is 0.246 e. The second-order valence-electron chi connectivity index (χ2n) is 5.05. The minimum absolute atomic E-state index is 0.0377. The summed E-state index contributed by atoms with van der Waals surface area (Å²) in [5, 5.41) is 0.374. The first-order chi connectivity index (χ1) is 9.48. The largest absolute Gasteiger partial charge is 0.246 e. The van der Waals surface area contributed by atoms with E-state index in [-0.39, 0.29) is 21.0 Å². The van der Waals surface area contributed by atoms with Gasteiger partial charge < -0.3 is 0 Å². The van der Waals surface area contributed by atoms with Crippen LogP contribution in [-0.4, -0.2) is 25.3 Å². The van der Waals surface area contributed by atoms with Crippen LogP contribution in [0.4, 0.5) is 0 Å². The third kappa shape index (κ3) is 3.14. The van der Waals surface area contributed by atoms with Gasteiger partial charge in [0.2, 0.25) is 10.0 Å². The van der Waals surface area contributed by atoms with Crippen molar-refractivity contribution in [2.24, 2.45) is 0 Å². The summed E-state index contributed by atoms with van der Waals surface area (Å²) in [6, 6.07) is 4.84. The predicted octanol–water partition coefficient (Wildman–Crippen LogP) is 4.34. The molecule has 6 heteroatoms. The van der Waals surface area contributed by atoms with E-state index in [1.54, 1.807) is 22.5 Å². The van der Waals surface area contributed by atoms with E-state index in [0.717, 1.165) is 25.7 Å². The molecule has 2 rings (SSSR count). The molecular weight excluding hydrogens is 317 g/mol. The quantitative estimate of drug-likeness (QED) is 0.820. The van der Waals surface area contributed by atoms with Crippen molar-refractivity contribution in [3.05, 3.63) is 28.2 Å². The van der Waals surface area contributed by atoms with Crippen LogP contribution in [0.15, 0.2) is 23.1 Å². The first-order valence-electron chi connectivity index (χ1n) is 6.94. The van der Waals surface area contributed by atoms with Gasteiger partial charge in [0.1, 0.15) is 4.90 Å². The van der Waals surface area contributed by atoms with Crippen molar-refractivity contribution in [1.82, 2.24) is 4.31 Å². The Labute approximate surface area is 130 Å². The molecule has 1 fully saturated rings. The first kappa shape index (κ1) is 16.1. The Kier molecular flexibility index (Phi) is 5.35. The second kappa shape index (κ2) is 6.65. The van der Waals surface area contributed by atoms with Crippen molar-refractivity contribution >= 4 is 33.2 Å². The van der Waals surface area contributed by atoms with Crippen LogP contribution in [0.25, 0.3) is 0 Å². The molecule has 0 spiro atoms. The Bertz CT molecular complexity index is 548. The average Bonchev–Trinajstić information content (AvgIpc) is 2.40.